The molecule has 1 fully saturated rings. The number of nitrogens with one attached hydrogen (secondary N) is 1. The minimum Gasteiger partial charge on any atom is -0.493 e. The van der Waals surface area contributed by atoms with E-state index in [1.165, 1.54) is 31.2 Å². The zero-order valence-electron chi connectivity index (χ0n) is 14.2. The van der Waals surface area contributed by atoms with Crippen LogP contribution in [0.5, 0.6) is 11.5 Å². The Hall–Kier alpha value is -1.22. The van der Waals surface area contributed by atoms with E-state index in [0.717, 1.165) is 31.1 Å². The van der Waals surface area contributed by atoms with Crippen molar-refractivity contribution >= 4 is 0 Å². The maximum Gasteiger partial charge on any atom is 0.125 e. The van der Waals surface area contributed by atoms with Gasteiger partial charge in [-0.3, -0.25) is 0 Å². The molecule has 1 N–H and O–H groups in total. The summed E-state index contributed by atoms with van der Waals surface area (Å²) in [6, 6.07) is 6.72. The summed E-state index contributed by atoms with van der Waals surface area (Å²) in [4.78, 5) is 0. The van der Waals surface area contributed by atoms with E-state index < -0.39 is 0 Å². The molecule has 122 valence electrons. The van der Waals surface area contributed by atoms with Crippen molar-refractivity contribution in [2.75, 3.05) is 13.2 Å². The Balaban J connectivity index is 1.84. The molecule has 1 aliphatic carbocycles. The number of benzene rings is 1. The van der Waals surface area contributed by atoms with Crippen molar-refractivity contribution in [2.45, 2.75) is 64.5 Å². The van der Waals surface area contributed by atoms with E-state index in [-0.39, 0.29) is 5.60 Å². The van der Waals surface area contributed by atoms with Crippen LogP contribution in [-0.4, -0.2) is 18.8 Å². The SMILES string of the molecule is CCNC1CC2(CCCC2)Oc2ccc(OCC(C)C)cc21. The molecule has 1 aliphatic heterocycles. The number of hydrogen-bond donors (Lipinski definition) is 1. The Kier molecular flexibility index (Phi) is 4.62. The van der Waals surface area contributed by atoms with Gasteiger partial charge in [0.1, 0.15) is 17.1 Å². The monoisotopic (exact) mass is 303 g/mol. The molecule has 0 aromatic heterocycles. The molecule has 1 atom stereocenters. The van der Waals surface area contributed by atoms with Crippen LogP contribution in [0.25, 0.3) is 0 Å². The predicted octanol–water partition coefficient (Wildman–Crippen LogP) is 4.47. The molecule has 0 saturated heterocycles. The van der Waals surface area contributed by atoms with Crippen LogP contribution in [0, 0.1) is 5.92 Å². The Morgan fingerprint density at radius 2 is 2.09 bits per heavy atom. The fourth-order valence-electron chi connectivity index (χ4n) is 3.76. The van der Waals surface area contributed by atoms with Gasteiger partial charge in [-0.1, -0.05) is 20.8 Å². The van der Waals surface area contributed by atoms with Crippen LogP contribution in [0.2, 0.25) is 0 Å². The molecule has 1 heterocycles. The van der Waals surface area contributed by atoms with Crippen LogP contribution < -0.4 is 14.8 Å². The smallest absolute Gasteiger partial charge is 0.125 e. The molecule has 1 saturated carbocycles. The fourth-order valence-corrected chi connectivity index (χ4v) is 3.76. The molecule has 1 aromatic carbocycles. The van der Waals surface area contributed by atoms with E-state index in [4.69, 9.17) is 9.47 Å². The van der Waals surface area contributed by atoms with Crippen LogP contribution in [0.15, 0.2) is 18.2 Å². The van der Waals surface area contributed by atoms with Crippen molar-refractivity contribution in [3.63, 3.8) is 0 Å². The minimum absolute atomic E-state index is 0.0696. The van der Waals surface area contributed by atoms with Crippen molar-refractivity contribution in [1.29, 1.82) is 0 Å². The molecule has 0 bridgehead atoms. The molecular weight excluding hydrogens is 274 g/mol. The van der Waals surface area contributed by atoms with Crippen molar-refractivity contribution < 1.29 is 9.47 Å². The molecule has 22 heavy (non-hydrogen) atoms. The first-order valence-corrected chi connectivity index (χ1v) is 8.81. The molecule has 1 unspecified atom stereocenters. The van der Waals surface area contributed by atoms with E-state index >= 15 is 0 Å². The van der Waals surface area contributed by atoms with Crippen LogP contribution >= 0.6 is 0 Å². The van der Waals surface area contributed by atoms with E-state index in [2.05, 4.69) is 44.3 Å². The first kappa shape index (κ1) is 15.7. The summed E-state index contributed by atoms with van der Waals surface area (Å²) in [6.07, 6.45) is 6.06. The van der Waals surface area contributed by atoms with Crippen molar-refractivity contribution in [2.24, 2.45) is 5.92 Å². The van der Waals surface area contributed by atoms with E-state index in [9.17, 15) is 0 Å². The van der Waals surface area contributed by atoms with Crippen molar-refractivity contribution in [3.05, 3.63) is 23.8 Å². The van der Waals surface area contributed by atoms with Gasteiger partial charge in [0, 0.05) is 18.0 Å². The highest BCUT2D eigenvalue weighted by Crippen LogP contribution is 2.47. The lowest BCUT2D eigenvalue weighted by atomic mass is 9.86. The molecular formula is C19H29NO2. The summed E-state index contributed by atoms with van der Waals surface area (Å²) in [5.74, 6) is 2.55. The van der Waals surface area contributed by atoms with Gasteiger partial charge in [0.15, 0.2) is 0 Å². The lowest BCUT2D eigenvalue weighted by Crippen LogP contribution is -2.42. The van der Waals surface area contributed by atoms with Crippen LogP contribution in [0.1, 0.15) is 64.5 Å². The molecule has 1 spiro atoms. The maximum atomic E-state index is 6.44. The van der Waals surface area contributed by atoms with Crippen LogP contribution in [-0.2, 0) is 0 Å². The predicted molar refractivity (Wildman–Crippen MR) is 89.6 cm³/mol. The van der Waals surface area contributed by atoms with Gasteiger partial charge in [0.25, 0.3) is 0 Å². The topological polar surface area (TPSA) is 30.5 Å². The summed E-state index contributed by atoms with van der Waals surface area (Å²) in [6.45, 7) is 8.27. The second-order valence-electron chi connectivity index (χ2n) is 7.21. The number of rotatable bonds is 5. The molecule has 0 amide bonds. The number of fused-ring (bicyclic) bond motifs is 1. The molecule has 0 radical (unpaired) electrons. The average molecular weight is 303 g/mol. The second kappa shape index (κ2) is 6.49. The van der Waals surface area contributed by atoms with Crippen LogP contribution in [0.4, 0.5) is 0 Å². The third-order valence-electron chi connectivity index (χ3n) is 4.81. The lowest BCUT2D eigenvalue weighted by Gasteiger charge is -2.40. The van der Waals surface area contributed by atoms with Crippen molar-refractivity contribution in [3.8, 4) is 11.5 Å². The summed E-state index contributed by atoms with van der Waals surface area (Å²) >= 11 is 0. The molecule has 2 aliphatic rings. The second-order valence-corrected chi connectivity index (χ2v) is 7.21. The van der Waals surface area contributed by atoms with Gasteiger partial charge < -0.3 is 14.8 Å². The van der Waals surface area contributed by atoms with E-state index in [1.807, 2.05) is 0 Å². The molecule has 1 aromatic rings. The summed E-state index contributed by atoms with van der Waals surface area (Å²) in [5, 5.41) is 3.65. The number of hydrogen-bond acceptors (Lipinski definition) is 3. The van der Waals surface area contributed by atoms with Crippen LogP contribution in [0.3, 0.4) is 0 Å². The normalized spacial score (nSPS) is 22.6. The van der Waals surface area contributed by atoms with Gasteiger partial charge >= 0.3 is 0 Å². The van der Waals surface area contributed by atoms with Crippen molar-refractivity contribution in [1.82, 2.24) is 5.32 Å². The minimum atomic E-state index is 0.0696. The zero-order valence-corrected chi connectivity index (χ0v) is 14.2. The Labute approximate surface area is 134 Å². The third kappa shape index (κ3) is 3.24. The average Bonchev–Trinajstić information content (AvgIpc) is 2.93. The standard InChI is InChI=1S/C19H29NO2/c1-4-20-17-12-19(9-5-6-10-19)22-18-8-7-15(11-16(17)18)21-13-14(2)3/h7-8,11,14,17,20H,4-6,9-10,12-13H2,1-3H3. The first-order chi connectivity index (χ1) is 10.6. The van der Waals surface area contributed by atoms with E-state index in [1.54, 1.807) is 0 Å². The van der Waals surface area contributed by atoms with Gasteiger partial charge in [0.2, 0.25) is 0 Å². The van der Waals surface area contributed by atoms with E-state index in [0.29, 0.717) is 12.0 Å². The summed E-state index contributed by atoms with van der Waals surface area (Å²) in [5.41, 5.74) is 1.33. The summed E-state index contributed by atoms with van der Waals surface area (Å²) < 4.78 is 12.3. The molecule has 3 heteroatoms. The highest BCUT2D eigenvalue weighted by molar-refractivity contribution is 5.44. The largest absolute Gasteiger partial charge is 0.493 e. The Morgan fingerprint density at radius 3 is 2.77 bits per heavy atom. The first-order valence-electron chi connectivity index (χ1n) is 8.81. The molecule has 3 nitrogen and oxygen atoms in total. The maximum absolute atomic E-state index is 6.44. The fraction of sp³-hybridized carbons (Fsp3) is 0.684. The third-order valence-corrected chi connectivity index (χ3v) is 4.81. The van der Waals surface area contributed by atoms with Gasteiger partial charge in [0.05, 0.1) is 6.61 Å². The lowest BCUT2D eigenvalue weighted by molar-refractivity contribution is 0.0368. The summed E-state index contributed by atoms with van der Waals surface area (Å²) in [7, 11) is 0. The van der Waals surface area contributed by atoms with Gasteiger partial charge in [-0.05, 0) is 56.3 Å². The zero-order chi connectivity index (χ0) is 15.6. The van der Waals surface area contributed by atoms with Gasteiger partial charge in [-0.2, -0.15) is 0 Å². The highest BCUT2D eigenvalue weighted by atomic mass is 16.5. The highest BCUT2D eigenvalue weighted by Gasteiger charge is 2.42. The van der Waals surface area contributed by atoms with Gasteiger partial charge in [-0.15, -0.1) is 0 Å². The Morgan fingerprint density at radius 1 is 1.32 bits per heavy atom. The molecule has 3 rings (SSSR count). The van der Waals surface area contributed by atoms with Gasteiger partial charge in [-0.25, -0.2) is 0 Å². The number of ether oxygens (including phenoxy) is 2. The Bertz CT molecular complexity index is 506. The quantitative estimate of drug-likeness (QED) is 0.870.